The predicted molar refractivity (Wildman–Crippen MR) is 129 cm³/mol. The van der Waals surface area contributed by atoms with Crippen molar-refractivity contribution in [2.45, 2.75) is 39.0 Å². The molecule has 1 amide bonds. The van der Waals surface area contributed by atoms with Crippen LogP contribution in [0.4, 0.5) is 4.39 Å². The highest BCUT2D eigenvalue weighted by atomic mass is 19.1. The smallest absolute Gasteiger partial charge is 0.254 e. The first-order valence-corrected chi connectivity index (χ1v) is 11.6. The highest BCUT2D eigenvalue weighted by molar-refractivity contribution is 6.06. The molecule has 1 aromatic carbocycles. The van der Waals surface area contributed by atoms with E-state index in [4.69, 9.17) is 4.98 Å². The van der Waals surface area contributed by atoms with Crippen molar-refractivity contribution in [3.8, 4) is 11.3 Å². The number of pyridine rings is 1. The molecule has 0 spiro atoms. The van der Waals surface area contributed by atoms with E-state index in [1.807, 2.05) is 43.8 Å². The number of hydrogen-bond donors (Lipinski definition) is 1. The molecule has 8 heteroatoms. The van der Waals surface area contributed by atoms with Crippen LogP contribution in [0, 0.1) is 0 Å². The minimum atomic E-state index is -0.958. The van der Waals surface area contributed by atoms with E-state index < -0.39 is 6.17 Å². The number of nitrogens with zero attached hydrogens (tertiary/aromatic N) is 5. The maximum Gasteiger partial charge on any atom is 0.254 e. The number of hydrogen-bond acceptors (Lipinski definition) is 5. The highest BCUT2D eigenvalue weighted by Gasteiger charge is 2.29. The Bertz CT molecular complexity index is 1130. The Morgan fingerprint density at radius 3 is 2.85 bits per heavy atom. The Kier molecular flexibility index (Phi) is 7.05. The first kappa shape index (κ1) is 23.3. The van der Waals surface area contributed by atoms with Crippen LogP contribution in [0.25, 0.3) is 22.3 Å². The molecule has 4 rings (SSSR count). The molecule has 176 valence electrons. The summed E-state index contributed by atoms with van der Waals surface area (Å²) in [5.74, 6) is -0.157. The summed E-state index contributed by atoms with van der Waals surface area (Å²) in [6, 6.07) is 10.2. The van der Waals surface area contributed by atoms with Crippen LogP contribution in [-0.2, 0) is 6.54 Å². The molecular formula is C25H33FN6O. The zero-order valence-electron chi connectivity index (χ0n) is 19.9. The van der Waals surface area contributed by atoms with Gasteiger partial charge < -0.3 is 15.1 Å². The minimum absolute atomic E-state index is 0.0994. The summed E-state index contributed by atoms with van der Waals surface area (Å²) >= 11 is 0. The number of halogens is 1. The Labute approximate surface area is 194 Å². The number of carbonyl (C=O) groups is 1. The van der Waals surface area contributed by atoms with Gasteiger partial charge in [0.2, 0.25) is 0 Å². The van der Waals surface area contributed by atoms with Crippen molar-refractivity contribution in [2.75, 3.05) is 40.3 Å². The second-order valence-corrected chi connectivity index (χ2v) is 9.15. The van der Waals surface area contributed by atoms with Crippen LogP contribution in [0.15, 0.2) is 36.5 Å². The Morgan fingerprint density at radius 2 is 2.15 bits per heavy atom. The molecule has 0 radical (unpaired) electrons. The van der Waals surface area contributed by atoms with Gasteiger partial charge in [0.25, 0.3) is 5.91 Å². The van der Waals surface area contributed by atoms with Crippen LogP contribution in [0.5, 0.6) is 0 Å². The summed E-state index contributed by atoms with van der Waals surface area (Å²) in [5, 5.41) is 8.38. The lowest BCUT2D eigenvalue weighted by Gasteiger charge is -2.18. The molecule has 3 aromatic rings. The summed E-state index contributed by atoms with van der Waals surface area (Å²) in [7, 11) is 4.05. The lowest BCUT2D eigenvalue weighted by atomic mass is 10.0. The molecule has 33 heavy (non-hydrogen) atoms. The van der Waals surface area contributed by atoms with Gasteiger partial charge in [-0.15, -0.1) is 0 Å². The molecule has 3 heterocycles. The van der Waals surface area contributed by atoms with E-state index in [-0.39, 0.29) is 18.5 Å². The summed E-state index contributed by atoms with van der Waals surface area (Å²) in [6.07, 6.45) is 1.14. The zero-order valence-corrected chi connectivity index (χ0v) is 19.9. The predicted octanol–water partition coefficient (Wildman–Crippen LogP) is 3.51. The SMILES string of the molecule is CNCCN(C)Cc1cccc(-c2cc(C(=O)N3CCC(F)C3)c3cnn(C(C)C)c3n2)c1. The largest absolute Gasteiger partial charge is 0.336 e. The molecule has 1 atom stereocenters. The number of likely N-dealkylation sites (tertiary alicyclic amines) is 1. The molecule has 0 saturated carbocycles. The van der Waals surface area contributed by atoms with E-state index in [1.165, 1.54) is 5.56 Å². The third kappa shape index (κ3) is 5.07. The van der Waals surface area contributed by atoms with Crippen molar-refractivity contribution < 1.29 is 9.18 Å². The molecule has 1 N–H and O–H groups in total. The maximum atomic E-state index is 13.8. The quantitative estimate of drug-likeness (QED) is 0.567. The highest BCUT2D eigenvalue weighted by Crippen LogP contribution is 2.29. The number of nitrogens with one attached hydrogen (secondary N) is 1. The normalized spacial score (nSPS) is 16.5. The number of likely N-dealkylation sites (N-methyl/N-ethyl adjacent to an activating group) is 2. The molecule has 1 aliphatic heterocycles. The van der Waals surface area contributed by atoms with Crippen molar-refractivity contribution in [2.24, 2.45) is 0 Å². The van der Waals surface area contributed by atoms with Crippen molar-refractivity contribution in [1.29, 1.82) is 0 Å². The fourth-order valence-electron chi connectivity index (χ4n) is 4.32. The number of benzene rings is 1. The van der Waals surface area contributed by atoms with Crippen LogP contribution in [-0.4, -0.2) is 76.9 Å². The van der Waals surface area contributed by atoms with E-state index in [2.05, 4.69) is 34.5 Å². The first-order chi connectivity index (χ1) is 15.9. The number of amides is 1. The van der Waals surface area contributed by atoms with Gasteiger partial charge in [-0.1, -0.05) is 18.2 Å². The van der Waals surface area contributed by atoms with Crippen LogP contribution >= 0.6 is 0 Å². The molecule has 2 aromatic heterocycles. The molecular weight excluding hydrogens is 419 g/mol. The van der Waals surface area contributed by atoms with E-state index in [0.29, 0.717) is 29.6 Å². The van der Waals surface area contributed by atoms with Gasteiger partial charge in [0.05, 0.1) is 29.4 Å². The Hall–Kier alpha value is -2.84. The van der Waals surface area contributed by atoms with Crippen LogP contribution in [0.1, 0.15) is 42.2 Å². The second-order valence-electron chi connectivity index (χ2n) is 9.15. The van der Waals surface area contributed by atoms with Gasteiger partial charge in [-0.2, -0.15) is 5.10 Å². The van der Waals surface area contributed by atoms with E-state index in [1.54, 1.807) is 11.1 Å². The van der Waals surface area contributed by atoms with E-state index in [9.17, 15) is 9.18 Å². The number of fused-ring (bicyclic) bond motifs is 1. The first-order valence-electron chi connectivity index (χ1n) is 11.6. The van der Waals surface area contributed by atoms with Gasteiger partial charge in [-0.3, -0.25) is 4.79 Å². The number of alkyl halides is 1. The number of rotatable bonds is 8. The summed E-state index contributed by atoms with van der Waals surface area (Å²) in [4.78, 5) is 22.1. The summed E-state index contributed by atoms with van der Waals surface area (Å²) in [6.45, 7) is 7.35. The minimum Gasteiger partial charge on any atom is -0.336 e. The monoisotopic (exact) mass is 452 g/mol. The Morgan fingerprint density at radius 1 is 1.33 bits per heavy atom. The van der Waals surface area contributed by atoms with Gasteiger partial charge in [-0.25, -0.2) is 14.1 Å². The van der Waals surface area contributed by atoms with Gasteiger partial charge in [0, 0.05) is 37.8 Å². The standard InChI is InChI=1S/C25H33FN6O/c1-17(2)32-24-22(14-28-32)21(25(33)31-10-8-20(26)16-31)13-23(29-24)19-7-5-6-18(12-19)15-30(4)11-9-27-3/h5-7,12-14,17,20,27H,8-11,15-16H2,1-4H3. The zero-order chi connectivity index (χ0) is 23.5. The fourth-order valence-corrected chi connectivity index (χ4v) is 4.32. The average Bonchev–Trinajstić information content (AvgIpc) is 3.43. The number of aromatic nitrogens is 3. The van der Waals surface area contributed by atoms with Crippen LogP contribution in [0.3, 0.4) is 0 Å². The maximum absolute atomic E-state index is 13.8. The van der Waals surface area contributed by atoms with Crippen LogP contribution in [0.2, 0.25) is 0 Å². The third-order valence-electron chi connectivity index (χ3n) is 6.12. The molecule has 1 unspecified atom stereocenters. The van der Waals surface area contributed by atoms with E-state index >= 15 is 0 Å². The van der Waals surface area contributed by atoms with Gasteiger partial charge in [0.1, 0.15) is 6.17 Å². The average molecular weight is 453 g/mol. The number of carbonyl (C=O) groups excluding carboxylic acids is 1. The van der Waals surface area contributed by atoms with Crippen LogP contribution < -0.4 is 5.32 Å². The molecule has 1 aliphatic rings. The molecule has 0 bridgehead atoms. The molecule has 7 nitrogen and oxygen atoms in total. The van der Waals surface area contributed by atoms with E-state index in [0.717, 1.165) is 30.9 Å². The third-order valence-corrected chi connectivity index (χ3v) is 6.12. The molecule has 1 fully saturated rings. The van der Waals surface area contributed by atoms with Crippen molar-refractivity contribution in [3.05, 3.63) is 47.7 Å². The lowest BCUT2D eigenvalue weighted by Crippen LogP contribution is -2.29. The molecule has 0 aliphatic carbocycles. The van der Waals surface area contributed by atoms with Crippen molar-refractivity contribution in [3.63, 3.8) is 0 Å². The summed E-state index contributed by atoms with van der Waals surface area (Å²) < 4.78 is 15.7. The van der Waals surface area contributed by atoms with Gasteiger partial charge in [-0.05, 0) is 52.1 Å². The van der Waals surface area contributed by atoms with Crippen molar-refractivity contribution in [1.82, 2.24) is 29.9 Å². The Balaban J connectivity index is 1.74. The lowest BCUT2D eigenvalue weighted by molar-refractivity contribution is 0.0784. The summed E-state index contributed by atoms with van der Waals surface area (Å²) in [5.41, 5.74) is 4.07. The molecule has 1 saturated heterocycles. The second kappa shape index (κ2) is 9.97. The van der Waals surface area contributed by atoms with Gasteiger partial charge in [0.15, 0.2) is 5.65 Å². The van der Waals surface area contributed by atoms with Crippen molar-refractivity contribution >= 4 is 16.9 Å². The topological polar surface area (TPSA) is 66.3 Å². The van der Waals surface area contributed by atoms with Gasteiger partial charge >= 0.3 is 0 Å². The fraction of sp³-hybridized carbons (Fsp3) is 0.480.